The fourth-order valence-electron chi connectivity index (χ4n) is 5.98. The second-order valence-corrected chi connectivity index (χ2v) is 9.50. The molecule has 0 N–H and O–H groups in total. The first-order chi connectivity index (χ1) is 17.2. The third-order valence-corrected chi connectivity index (χ3v) is 7.52. The van der Waals surface area contributed by atoms with Crippen LogP contribution in [0.2, 0.25) is 0 Å². The minimum atomic E-state index is 0.189. The highest BCUT2D eigenvalue weighted by molar-refractivity contribution is 7.00. The third-order valence-electron chi connectivity index (χ3n) is 7.52. The molecule has 2 nitrogen and oxygen atoms in total. The van der Waals surface area contributed by atoms with E-state index in [0.29, 0.717) is 0 Å². The van der Waals surface area contributed by atoms with Crippen molar-refractivity contribution in [3.63, 3.8) is 0 Å². The van der Waals surface area contributed by atoms with Crippen LogP contribution in [0.25, 0.3) is 0 Å². The summed E-state index contributed by atoms with van der Waals surface area (Å²) in [5.74, 6) is 0. The van der Waals surface area contributed by atoms with E-state index in [-0.39, 0.29) is 6.71 Å². The maximum atomic E-state index is 2.46. The molecular formula is C32H25BN2. The molecule has 5 aromatic rings. The standard InChI is InChI=1S/C32H25BN2/c1-22-12-3-7-16-26(22)34-28-18-9-5-14-24(28)33-25-15-6-10-19-29(25)35(27-17-8-4-13-23(27)2)31-21-11-20-30(34)32(31)33/h3-21H,1-2H3. The second kappa shape index (κ2) is 7.64. The molecule has 0 atom stereocenters. The zero-order chi connectivity index (χ0) is 23.5. The zero-order valence-electron chi connectivity index (χ0n) is 19.9. The van der Waals surface area contributed by atoms with E-state index >= 15 is 0 Å². The summed E-state index contributed by atoms with van der Waals surface area (Å²) in [6.07, 6.45) is 0. The number of benzene rings is 5. The molecule has 0 fully saturated rings. The van der Waals surface area contributed by atoms with E-state index in [1.165, 1.54) is 61.6 Å². The van der Waals surface area contributed by atoms with Crippen LogP contribution in [0.5, 0.6) is 0 Å². The van der Waals surface area contributed by atoms with Gasteiger partial charge >= 0.3 is 0 Å². The van der Waals surface area contributed by atoms with Crippen LogP contribution in [-0.2, 0) is 0 Å². The second-order valence-electron chi connectivity index (χ2n) is 9.50. The van der Waals surface area contributed by atoms with Gasteiger partial charge in [0.1, 0.15) is 0 Å². The molecular weight excluding hydrogens is 423 g/mol. The summed E-state index contributed by atoms with van der Waals surface area (Å²) in [4.78, 5) is 4.92. The third kappa shape index (κ3) is 2.85. The van der Waals surface area contributed by atoms with Crippen LogP contribution >= 0.6 is 0 Å². The summed E-state index contributed by atoms with van der Waals surface area (Å²) in [5, 5.41) is 0. The highest BCUT2D eigenvalue weighted by Crippen LogP contribution is 2.44. The Morgan fingerprint density at radius 3 is 1.23 bits per heavy atom. The fraction of sp³-hybridized carbons (Fsp3) is 0.0625. The van der Waals surface area contributed by atoms with Crippen molar-refractivity contribution < 1.29 is 0 Å². The van der Waals surface area contributed by atoms with E-state index < -0.39 is 0 Å². The van der Waals surface area contributed by atoms with Crippen molar-refractivity contribution in [2.45, 2.75) is 13.8 Å². The lowest BCUT2D eigenvalue weighted by Crippen LogP contribution is -2.61. The van der Waals surface area contributed by atoms with E-state index in [0.717, 1.165) is 0 Å². The number of hydrogen-bond donors (Lipinski definition) is 0. The Kier molecular flexibility index (Phi) is 4.40. The predicted octanol–water partition coefficient (Wildman–Crippen LogP) is 6.39. The lowest BCUT2D eigenvalue weighted by molar-refractivity contribution is 1.23. The highest BCUT2D eigenvalue weighted by Gasteiger charge is 2.42. The summed E-state index contributed by atoms with van der Waals surface area (Å²) in [5.41, 5.74) is 14.1. The Balaban J connectivity index is 1.59. The van der Waals surface area contributed by atoms with Gasteiger partial charge in [-0.3, -0.25) is 0 Å². The number of aryl methyl sites for hydroxylation is 2. The van der Waals surface area contributed by atoms with Crippen LogP contribution < -0.4 is 26.2 Å². The number of rotatable bonds is 2. The minimum absolute atomic E-state index is 0.189. The van der Waals surface area contributed by atoms with E-state index in [4.69, 9.17) is 0 Å². The van der Waals surface area contributed by atoms with Crippen LogP contribution in [0.1, 0.15) is 11.1 Å². The normalized spacial score (nSPS) is 13.3. The quantitative estimate of drug-likeness (QED) is 0.283. The maximum absolute atomic E-state index is 2.46. The molecule has 0 aromatic heterocycles. The van der Waals surface area contributed by atoms with Gasteiger partial charge in [-0.25, -0.2) is 0 Å². The van der Waals surface area contributed by atoms with Gasteiger partial charge in [0.15, 0.2) is 0 Å². The largest absolute Gasteiger partial charge is 0.311 e. The average Bonchev–Trinajstić information content (AvgIpc) is 2.90. The molecule has 2 aliphatic heterocycles. The molecule has 0 aliphatic carbocycles. The van der Waals surface area contributed by atoms with Gasteiger partial charge in [0.2, 0.25) is 0 Å². The van der Waals surface area contributed by atoms with Gasteiger partial charge in [-0.05, 0) is 77.8 Å². The number of para-hydroxylation sites is 4. The number of anilines is 6. The first-order valence-corrected chi connectivity index (χ1v) is 12.3. The average molecular weight is 448 g/mol. The van der Waals surface area contributed by atoms with Crippen LogP contribution in [0.3, 0.4) is 0 Å². The Morgan fingerprint density at radius 1 is 0.400 bits per heavy atom. The molecule has 7 rings (SSSR count). The molecule has 0 unspecified atom stereocenters. The van der Waals surface area contributed by atoms with Gasteiger partial charge in [-0.1, -0.05) is 78.9 Å². The van der Waals surface area contributed by atoms with E-state index in [9.17, 15) is 0 Å². The highest BCUT2D eigenvalue weighted by atomic mass is 15.2. The Morgan fingerprint density at radius 2 is 0.771 bits per heavy atom. The maximum Gasteiger partial charge on any atom is 0.252 e. The van der Waals surface area contributed by atoms with Gasteiger partial charge in [-0.15, -0.1) is 0 Å². The molecule has 2 heterocycles. The predicted molar refractivity (Wildman–Crippen MR) is 150 cm³/mol. The molecule has 0 bridgehead atoms. The number of hydrogen-bond acceptors (Lipinski definition) is 2. The van der Waals surface area contributed by atoms with Crippen molar-refractivity contribution >= 4 is 57.2 Å². The minimum Gasteiger partial charge on any atom is -0.311 e. The molecule has 2 aliphatic rings. The Bertz CT molecular complexity index is 1490. The van der Waals surface area contributed by atoms with Crippen LogP contribution in [-0.4, -0.2) is 6.71 Å². The molecule has 5 aromatic carbocycles. The topological polar surface area (TPSA) is 6.48 Å². The van der Waals surface area contributed by atoms with E-state index in [2.05, 4.69) is 139 Å². The van der Waals surface area contributed by atoms with Gasteiger partial charge in [0.25, 0.3) is 6.71 Å². The van der Waals surface area contributed by atoms with Crippen molar-refractivity contribution in [1.29, 1.82) is 0 Å². The molecule has 0 spiro atoms. The van der Waals surface area contributed by atoms with Crippen LogP contribution in [0, 0.1) is 13.8 Å². The molecule has 0 amide bonds. The first kappa shape index (κ1) is 20.2. The molecule has 3 heteroatoms. The van der Waals surface area contributed by atoms with Crippen LogP contribution in [0.15, 0.2) is 115 Å². The Labute approximate surface area is 207 Å². The summed E-state index contributed by atoms with van der Waals surface area (Å²) in [7, 11) is 0. The van der Waals surface area contributed by atoms with E-state index in [1.807, 2.05) is 0 Å². The first-order valence-electron chi connectivity index (χ1n) is 12.3. The van der Waals surface area contributed by atoms with Crippen molar-refractivity contribution in [2.24, 2.45) is 0 Å². The lowest BCUT2D eigenvalue weighted by Gasteiger charge is -2.44. The lowest BCUT2D eigenvalue weighted by atomic mass is 9.33. The molecule has 166 valence electrons. The Hall–Kier alpha value is -4.24. The van der Waals surface area contributed by atoms with Gasteiger partial charge in [-0.2, -0.15) is 0 Å². The van der Waals surface area contributed by atoms with Gasteiger partial charge < -0.3 is 9.80 Å². The molecule has 0 saturated carbocycles. The van der Waals surface area contributed by atoms with Crippen LogP contribution in [0.4, 0.5) is 34.1 Å². The number of fused-ring (bicyclic) bond motifs is 4. The summed E-state index contributed by atoms with van der Waals surface area (Å²) < 4.78 is 0. The van der Waals surface area contributed by atoms with Crippen molar-refractivity contribution in [3.05, 3.63) is 126 Å². The van der Waals surface area contributed by atoms with Crippen molar-refractivity contribution in [2.75, 3.05) is 9.80 Å². The smallest absolute Gasteiger partial charge is 0.252 e. The van der Waals surface area contributed by atoms with E-state index in [1.54, 1.807) is 0 Å². The number of nitrogens with zero attached hydrogens (tertiary/aromatic N) is 2. The molecule has 0 radical (unpaired) electrons. The van der Waals surface area contributed by atoms with Crippen molar-refractivity contribution in [1.82, 2.24) is 0 Å². The summed E-state index contributed by atoms with van der Waals surface area (Å²) in [6, 6.07) is 42.0. The molecule has 35 heavy (non-hydrogen) atoms. The summed E-state index contributed by atoms with van der Waals surface area (Å²) >= 11 is 0. The molecule has 0 saturated heterocycles. The van der Waals surface area contributed by atoms with Gasteiger partial charge in [0.05, 0.1) is 0 Å². The monoisotopic (exact) mass is 448 g/mol. The van der Waals surface area contributed by atoms with Crippen molar-refractivity contribution in [3.8, 4) is 0 Å². The zero-order valence-corrected chi connectivity index (χ0v) is 19.9. The summed E-state index contributed by atoms with van der Waals surface area (Å²) in [6.45, 7) is 4.59. The SMILES string of the molecule is Cc1ccccc1N1c2ccccc2B2c3ccccc3N(c3ccccc3C)c3cccc1c32. The van der Waals surface area contributed by atoms with Gasteiger partial charge in [0, 0.05) is 34.1 Å². The fourth-order valence-corrected chi connectivity index (χ4v) is 5.98.